The van der Waals surface area contributed by atoms with Gasteiger partial charge in [0.05, 0.1) is 0 Å². The molecule has 0 fully saturated rings. The van der Waals surface area contributed by atoms with E-state index < -0.39 is 0 Å². The lowest BCUT2D eigenvalue weighted by Crippen LogP contribution is -1.91. The van der Waals surface area contributed by atoms with Crippen LogP contribution in [-0.2, 0) is 0 Å². The maximum absolute atomic E-state index is 6.56. The standard InChI is InChI=1S/C37H26O/c1-3-4-15-26-24(2)22-23-32-36-31(20-12-21-33(36)38-37(26)32)35-29-18-10-8-16-27(29)34(25-13-6-5-7-14-25)28-17-9-11-19-30(28)35/h3-23H,1H2,2H3/b15-4-. The normalized spacial score (nSPS) is 11.8. The minimum Gasteiger partial charge on any atom is -0.455 e. The molecule has 1 aromatic heterocycles. The minimum atomic E-state index is 0.900. The summed E-state index contributed by atoms with van der Waals surface area (Å²) in [5, 5.41) is 7.27. The molecule has 1 heteroatoms. The molecule has 0 aliphatic carbocycles. The van der Waals surface area contributed by atoms with Crippen molar-refractivity contribution in [2.75, 3.05) is 0 Å². The minimum absolute atomic E-state index is 0.900. The van der Waals surface area contributed by atoms with E-state index >= 15 is 0 Å². The molecular formula is C37H26O. The van der Waals surface area contributed by atoms with Crippen molar-refractivity contribution in [1.29, 1.82) is 0 Å². The van der Waals surface area contributed by atoms with Crippen molar-refractivity contribution >= 4 is 49.6 Å². The molecule has 0 atom stereocenters. The highest BCUT2D eigenvalue weighted by atomic mass is 16.3. The van der Waals surface area contributed by atoms with Crippen LogP contribution in [0.1, 0.15) is 11.1 Å². The summed E-state index contributed by atoms with van der Waals surface area (Å²) in [6.45, 7) is 5.98. The number of fused-ring (bicyclic) bond motifs is 5. The van der Waals surface area contributed by atoms with Gasteiger partial charge in [0, 0.05) is 16.3 Å². The van der Waals surface area contributed by atoms with Crippen molar-refractivity contribution in [3.63, 3.8) is 0 Å². The van der Waals surface area contributed by atoms with Crippen molar-refractivity contribution < 1.29 is 4.42 Å². The van der Waals surface area contributed by atoms with Crippen LogP contribution in [-0.4, -0.2) is 0 Å². The summed E-state index contributed by atoms with van der Waals surface area (Å²) < 4.78 is 6.56. The second-order valence-corrected chi connectivity index (χ2v) is 9.76. The Morgan fingerprint density at radius 2 is 1.24 bits per heavy atom. The molecule has 7 rings (SSSR count). The van der Waals surface area contributed by atoms with Gasteiger partial charge in [0.1, 0.15) is 11.2 Å². The van der Waals surface area contributed by atoms with Crippen LogP contribution < -0.4 is 0 Å². The number of aryl methyl sites for hydroxylation is 1. The van der Waals surface area contributed by atoms with Crippen molar-refractivity contribution in [2.24, 2.45) is 0 Å². The summed E-state index contributed by atoms with van der Waals surface area (Å²) in [7, 11) is 0. The van der Waals surface area contributed by atoms with Gasteiger partial charge >= 0.3 is 0 Å². The molecular weight excluding hydrogens is 460 g/mol. The van der Waals surface area contributed by atoms with Crippen LogP contribution in [0.25, 0.3) is 71.8 Å². The van der Waals surface area contributed by atoms with Gasteiger partial charge in [-0.2, -0.15) is 0 Å². The predicted molar refractivity (Wildman–Crippen MR) is 164 cm³/mol. The first-order chi connectivity index (χ1) is 18.8. The molecule has 0 saturated heterocycles. The van der Waals surface area contributed by atoms with Gasteiger partial charge in [-0.25, -0.2) is 0 Å². The Bertz CT molecular complexity index is 1980. The van der Waals surface area contributed by atoms with E-state index in [0.717, 1.165) is 27.5 Å². The van der Waals surface area contributed by atoms with Gasteiger partial charge in [-0.05, 0) is 62.4 Å². The van der Waals surface area contributed by atoms with Crippen LogP contribution in [0.4, 0.5) is 0 Å². The molecule has 0 spiro atoms. The zero-order valence-corrected chi connectivity index (χ0v) is 21.2. The molecule has 0 aliphatic heterocycles. The molecule has 0 bridgehead atoms. The fraction of sp³-hybridized carbons (Fsp3) is 0.0270. The lowest BCUT2D eigenvalue weighted by atomic mass is 9.85. The molecule has 0 amide bonds. The Morgan fingerprint density at radius 3 is 1.89 bits per heavy atom. The SMILES string of the molecule is C=C/C=C\c1c(C)ccc2c1oc1cccc(-c3c4ccccc4c(-c4ccccc4)c4ccccc34)c12. The number of hydrogen-bond donors (Lipinski definition) is 0. The van der Waals surface area contributed by atoms with E-state index in [-0.39, 0.29) is 0 Å². The highest BCUT2D eigenvalue weighted by molar-refractivity contribution is 6.25. The molecule has 0 radical (unpaired) electrons. The van der Waals surface area contributed by atoms with Gasteiger partial charge in [0.15, 0.2) is 0 Å². The third kappa shape index (κ3) is 3.33. The van der Waals surface area contributed by atoms with Gasteiger partial charge in [0.2, 0.25) is 0 Å². The molecule has 1 heterocycles. The molecule has 180 valence electrons. The fourth-order valence-electron chi connectivity index (χ4n) is 5.92. The van der Waals surface area contributed by atoms with Crippen molar-refractivity contribution in [3.8, 4) is 22.3 Å². The first-order valence-corrected chi connectivity index (χ1v) is 13.0. The molecule has 0 N–H and O–H groups in total. The average molecular weight is 487 g/mol. The van der Waals surface area contributed by atoms with Gasteiger partial charge in [-0.3, -0.25) is 0 Å². The Hall–Kier alpha value is -4.88. The number of benzene rings is 6. The largest absolute Gasteiger partial charge is 0.455 e. The Morgan fingerprint density at radius 1 is 0.605 bits per heavy atom. The molecule has 6 aromatic carbocycles. The Balaban J connectivity index is 1.66. The number of furan rings is 1. The monoisotopic (exact) mass is 486 g/mol. The smallest absolute Gasteiger partial charge is 0.142 e. The van der Waals surface area contributed by atoms with Crippen LogP contribution in [0, 0.1) is 6.92 Å². The highest BCUT2D eigenvalue weighted by Gasteiger charge is 2.20. The van der Waals surface area contributed by atoms with E-state index in [1.807, 2.05) is 6.08 Å². The zero-order chi connectivity index (χ0) is 25.6. The lowest BCUT2D eigenvalue weighted by molar-refractivity contribution is 0.667. The first-order valence-electron chi connectivity index (χ1n) is 13.0. The average Bonchev–Trinajstić information content (AvgIpc) is 3.35. The van der Waals surface area contributed by atoms with E-state index in [9.17, 15) is 0 Å². The van der Waals surface area contributed by atoms with Crippen LogP contribution in [0.3, 0.4) is 0 Å². The quantitative estimate of drug-likeness (QED) is 0.178. The summed E-state index contributed by atoms with van der Waals surface area (Å²) in [6.07, 6.45) is 5.87. The topological polar surface area (TPSA) is 13.1 Å². The molecule has 1 nitrogen and oxygen atoms in total. The van der Waals surface area contributed by atoms with Crippen molar-refractivity contribution in [2.45, 2.75) is 6.92 Å². The van der Waals surface area contributed by atoms with Crippen molar-refractivity contribution in [3.05, 3.63) is 139 Å². The summed E-state index contributed by atoms with van der Waals surface area (Å²) in [6, 6.07) is 39.1. The second-order valence-electron chi connectivity index (χ2n) is 9.76. The summed E-state index contributed by atoms with van der Waals surface area (Å²) in [4.78, 5) is 0. The van der Waals surface area contributed by atoms with Crippen LogP contribution in [0.2, 0.25) is 0 Å². The lowest BCUT2D eigenvalue weighted by Gasteiger charge is -2.18. The van der Waals surface area contributed by atoms with Gasteiger partial charge in [-0.15, -0.1) is 0 Å². The maximum atomic E-state index is 6.56. The Kier molecular flexibility index (Phi) is 5.23. The molecule has 38 heavy (non-hydrogen) atoms. The van der Waals surface area contributed by atoms with E-state index in [4.69, 9.17) is 4.42 Å². The third-order valence-corrected chi connectivity index (χ3v) is 7.58. The highest BCUT2D eigenvalue weighted by Crippen LogP contribution is 2.47. The molecule has 0 saturated carbocycles. The first kappa shape index (κ1) is 22.3. The van der Waals surface area contributed by atoms with Gasteiger partial charge < -0.3 is 4.42 Å². The Labute approximate surface area is 222 Å². The van der Waals surface area contributed by atoms with Gasteiger partial charge in [0.25, 0.3) is 0 Å². The van der Waals surface area contributed by atoms with E-state index in [1.54, 1.807) is 6.08 Å². The summed E-state index contributed by atoms with van der Waals surface area (Å²) in [5.74, 6) is 0. The second kappa shape index (κ2) is 8.90. The van der Waals surface area contributed by atoms with Crippen LogP contribution in [0.5, 0.6) is 0 Å². The molecule has 0 aliphatic rings. The number of rotatable bonds is 4. The summed E-state index contributed by atoms with van der Waals surface area (Å²) in [5.41, 5.74) is 9.03. The van der Waals surface area contributed by atoms with Crippen LogP contribution >= 0.6 is 0 Å². The van der Waals surface area contributed by atoms with Crippen LogP contribution in [0.15, 0.2) is 132 Å². The summed E-state index contributed by atoms with van der Waals surface area (Å²) >= 11 is 0. The molecule has 7 aromatic rings. The molecule has 0 unspecified atom stereocenters. The fourth-order valence-corrected chi connectivity index (χ4v) is 5.92. The number of hydrogen-bond acceptors (Lipinski definition) is 1. The maximum Gasteiger partial charge on any atom is 0.142 e. The van der Waals surface area contributed by atoms with E-state index in [1.165, 1.54) is 49.4 Å². The van der Waals surface area contributed by atoms with E-state index in [2.05, 4.69) is 129 Å². The number of allylic oxidation sites excluding steroid dienone is 2. The van der Waals surface area contributed by atoms with Crippen molar-refractivity contribution in [1.82, 2.24) is 0 Å². The third-order valence-electron chi connectivity index (χ3n) is 7.58. The zero-order valence-electron chi connectivity index (χ0n) is 21.2. The van der Waals surface area contributed by atoms with E-state index in [0.29, 0.717) is 0 Å². The van der Waals surface area contributed by atoms with Gasteiger partial charge in [-0.1, -0.05) is 128 Å². The predicted octanol–water partition coefficient (Wildman–Crippen LogP) is 10.7.